The molecule has 0 aromatic heterocycles. The Kier molecular flexibility index (Phi) is 4.80. The zero-order valence-corrected chi connectivity index (χ0v) is 11.5. The first kappa shape index (κ1) is 14.2. The topological polar surface area (TPSA) is 52.3 Å². The SMILES string of the molecule is NC(=O)/C=C\c1ccc(OCc2cccc(Cl)c2)cc1. The lowest BCUT2D eigenvalue weighted by atomic mass is 10.2. The molecule has 0 atom stereocenters. The zero-order valence-electron chi connectivity index (χ0n) is 10.8. The van der Waals surface area contributed by atoms with Gasteiger partial charge >= 0.3 is 0 Å². The number of amides is 1. The molecule has 2 aromatic carbocycles. The number of ether oxygens (including phenoxy) is 1. The van der Waals surface area contributed by atoms with E-state index in [1.54, 1.807) is 6.08 Å². The predicted octanol–water partition coefficient (Wildman–Crippen LogP) is 3.42. The molecule has 0 fully saturated rings. The van der Waals surface area contributed by atoms with Crippen molar-refractivity contribution < 1.29 is 9.53 Å². The Labute approximate surface area is 122 Å². The number of carbonyl (C=O) groups excluding carboxylic acids is 1. The summed E-state index contributed by atoms with van der Waals surface area (Å²) in [5.41, 5.74) is 6.93. The highest BCUT2D eigenvalue weighted by molar-refractivity contribution is 6.30. The highest BCUT2D eigenvalue weighted by Crippen LogP contribution is 2.16. The van der Waals surface area contributed by atoms with Crippen LogP contribution in [0, 0.1) is 0 Å². The Morgan fingerprint density at radius 3 is 2.60 bits per heavy atom. The van der Waals surface area contributed by atoms with Gasteiger partial charge in [0.25, 0.3) is 0 Å². The Bertz CT molecular complexity index is 621. The van der Waals surface area contributed by atoms with Crippen molar-refractivity contribution in [3.05, 3.63) is 70.8 Å². The lowest BCUT2D eigenvalue weighted by molar-refractivity contribution is -0.113. The quantitative estimate of drug-likeness (QED) is 0.857. The summed E-state index contributed by atoms with van der Waals surface area (Å²) in [6.45, 7) is 0.455. The monoisotopic (exact) mass is 287 g/mol. The van der Waals surface area contributed by atoms with E-state index in [0.717, 1.165) is 16.9 Å². The van der Waals surface area contributed by atoms with Gasteiger partial charge in [-0.2, -0.15) is 0 Å². The fraction of sp³-hybridized carbons (Fsp3) is 0.0625. The second-order valence-electron chi connectivity index (χ2n) is 4.22. The van der Waals surface area contributed by atoms with E-state index >= 15 is 0 Å². The summed E-state index contributed by atoms with van der Waals surface area (Å²) in [6, 6.07) is 14.9. The minimum Gasteiger partial charge on any atom is -0.489 e. The standard InChI is InChI=1S/C16H14ClNO2/c17-14-3-1-2-13(10-14)11-20-15-7-4-12(5-8-15)6-9-16(18)19/h1-10H,11H2,(H2,18,19)/b9-6-. The molecule has 2 N–H and O–H groups in total. The molecule has 2 rings (SSSR count). The van der Waals surface area contributed by atoms with Crippen molar-refractivity contribution in [1.29, 1.82) is 0 Å². The zero-order chi connectivity index (χ0) is 14.4. The Hall–Kier alpha value is -2.26. The number of hydrogen-bond acceptors (Lipinski definition) is 2. The molecule has 0 spiro atoms. The van der Waals surface area contributed by atoms with Crippen molar-refractivity contribution in [2.75, 3.05) is 0 Å². The smallest absolute Gasteiger partial charge is 0.241 e. The van der Waals surface area contributed by atoms with Crippen LogP contribution in [0.25, 0.3) is 6.08 Å². The van der Waals surface area contributed by atoms with Crippen molar-refractivity contribution in [2.24, 2.45) is 5.73 Å². The van der Waals surface area contributed by atoms with Gasteiger partial charge in [0.05, 0.1) is 0 Å². The van der Waals surface area contributed by atoms with Gasteiger partial charge < -0.3 is 10.5 Å². The van der Waals surface area contributed by atoms with Gasteiger partial charge in [0.1, 0.15) is 12.4 Å². The summed E-state index contributed by atoms with van der Waals surface area (Å²) in [7, 11) is 0. The van der Waals surface area contributed by atoms with E-state index in [-0.39, 0.29) is 0 Å². The van der Waals surface area contributed by atoms with Gasteiger partial charge in [-0.3, -0.25) is 4.79 Å². The average Bonchev–Trinajstić information content (AvgIpc) is 2.44. The maximum Gasteiger partial charge on any atom is 0.241 e. The number of primary amides is 1. The van der Waals surface area contributed by atoms with E-state index in [2.05, 4.69) is 0 Å². The van der Waals surface area contributed by atoms with E-state index in [0.29, 0.717) is 11.6 Å². The molecule has 0 aliphatic carbocycles. The summed E-state index contributed by atoms with van der Waals surface area (Å²) in [4.78, 5) is 10.6. The van der Waals surface area contributed by atoms with Crippen LogP contribution in [0.4, 0.5) is 0 Å². The van der Waals surface area contributed by atoms with Gasteiger partial charge in [-0.1, -0.05) is 35.9 Å². The molecule has 0 radical (unpaired) electrons. The van der Waals surface area contributed by atoms with Crippen LogP contribution in [0.1, 0.15) is 11.1 Å². The highest BCUT2D eigenvalue weighted by atomic mass is 35.5. The molecule has 102 valence electrons. The van der Waals surface area contributed by atoms with Crippen LogP contribution in [0.3, 0.4) is 0 Å². The first-order valence-electron chi connectivity index (χ1n) is 6.08. The molecule has 2 aromatic rings. The van der Waals surface area contributed by atoms with Crippen LogP contribution < -0.4 is 10.5 Å². The second kappa shape index (κ2) is 6.78. The maximum atomic E-state index is 10.6. The Morgan fingerprint density at radius 2 is 1.95 bits per heavy atom. The molecule has 0 bridgehead atoms. The maximum absolute atomic E-state index is 10.6. The third kappa shape index (κ3) is 4.44. The molecule has 0 unspecified atom stereocenters. The fourth-order valence-electron chi connectivity index (χ4n) is 1.65. The molecule has 20 heavy (non-hydrogen) atoms. The summed E-state index contributed by atoms with van der Waals surface area (Å²) >= 11 is 5.91. The van der Waals surface area contributed by atoms with Crippen molar-refractivity contribution in [3.63, 3.8) is 0 Å². The molecule has 0 saturated heterocycles. The summed E-state index contributed by atoms with van der Waals surface area (Å²) in [5.74, 6) is 0.285. The molecular formula is C16H14ClNO2. The first-order valence-corrected chi connectivity index (χ1v) is 6.46. The third-order valence-electron chi connectivity index (χ3n) is 2.61. The van der Waals surface area contributed by atoms with Gasteiger partial charge in [0.2, 0.25) is 5.91 Å². The van der Waals surface area contributed by atoms with Crippen LogP contribution in [-0.2, 0) is 11.4 Å². The van der Waals surface area contributed by atoms with Crippen molar-refractivity contribution in [1.82, 2.24) is 0 Å². The molecule has 0 heterocycles. The van der Waals surface area contributed by atoms with Gasteiger partial charge in [-0.25, -0.2) is 0 Å². The van der Waals surface area contributed by atoms with E-state index in [1.165, 1.54) is 6.08 Å². The molecule has 3 nitrogen and oxygen atoms in total. The number of nitrogens with two attached hydrogens (primary N) is 1. The lowest BCUT2D eigenvalue weighted by Crippen LogP contribution is -2.05. The van der Waals surface area contributed by atoms with Gasteiger partial charge in [0, 0.05) is 11.1 Å². The number of hydrogen-bond donors (Lipinski definition) is 1. The molecular weight excluding hydrogens is 274 g/mol. The average molecular weight is 288 g/mol. The van der Waals surface area contributed by atoms with Gasteiger partial charge in [0.15, 0.2) is 0 Å². The van der Waals surface area contributed by atoms with Crippen molar-refractivity contribution >= 4 is 23.6 Å². The fourth-order valence-corrected chi connectivity index (χ4v) is 1.86. The number of benzene rings is 2. The summed E-state index contributed by atoms with van der Waals surface area (Å²) in [6.07, 6.45) is 2.98. The minimum absolute atomic E-state index is 0.455. The summed E-state index contributed by atoms with van der Waals surface area (Å²) < 4.78 is 5.65. The number of rotatable bonds is 5. The second-order valence-corrected chi connectivity index (χ2v) is 4.66. The predicted molar refractivity (Wildman–Crippen MR) is 80.5 cm³/mol. The van der Waals surface area contributed by atoms with Gasteiger partial charge in [-0.05, 0) is 41.5 Å². The first-order chi connectivity index (χ1) is 9.63. The van der Waals surface area contributed by atoms with Crippen molar-refractivity contribution in [3.8, 4) is 5.75 Å². The highest BCUT2D eigenvalue weighted by Gasteiger charge is 1.97. The molecule has 0 aliphatic rings. The normalized spacial score (nSPS) is 10.7. The molecule has 0 aliphatic heterocycles. The number of carbonyl (C=O) groups is 1. The minimum atomic E-state index is -0.466. The van der Waals surface area contributed by atoms with E-state index in [1.807, 2.05) is 48.5 Å². The lowest BCUT2D eigenvalue weighted by Gasteiger charge is -2.06. The number of halogens is 1. The summed E-state index contributed by atoms with van der Waals surface area (Å²) in [5, 5.41) is 0.693. The van der Waals surface area contributed by atoms with Crippen LogP contribution >= 0.6 is 11.6 Å². The largest absolute Gasteiger partial charge is 0.489 e. The van der Waals surface area contributed by atoms with E-state index < -0.39 is 5.91 Å². The van der Waals surface area contributed by atoms with Crippen LogP contribution in [0.5, 0.6) is 5.75 Å². The van der Waals surface area contributed by atoms with Gasteiger partial charge in [-0.15, -0.1) is 0 Å². The van der Waals surface area contributed by atoms with E-state index in [4.69, 9.17) is 22.1 Å². The van der Waals surface area contributed by atoms with Crippen LogP contribution in [0.15, 0.2) is 54.6 Å². The molecule has 1 amide bonds. The Morgan fingerprint density at radius 1 is 1.20 bits per heavy atom. The molecule has 4 heteroatoms. The molecule has 0 saturated carbocycles. The Balaban J connectivity index is 1.95. The van der Waals surface area contributed by atoms with Crippen molar-refractivity contribution in [2.45, 2.75) is 6.61 Å². The van der Waals surface area contributed by atoms with E-state index in [9.17, 15) is 4.79 Å². The van der Waals surface area contributed by atoms with Crippen LogP contribution in [0.2, 0.25) is 5.02 Å². The van der Waals surface area contributed by atoms with Crippen LogP contribution in [-0.4, -0.2) is 5.91 Å². The third-order valence-corrected chi connectivity index (χ3v) is 2.85.